The van der Waals surface area contributed by atoms with Gasteiger partial charge in [-0.25, -0.2) is 4.98 Å². The van der Waals surface area contributed by atoms with Crippen LogP contribution in [0.15, 0.2) is 29.3 Å². The average molecular weight is 374 g/mol. The Morgan fingerprint density at radius 1 is 1.46 bits per heavy atom. The van der Waals surface area contributed by atoms with Crippen molar-refractivity contribution in [2.45, 2.75) is 32.1 Å². The molecule has 1 saturated heterocycles. The van der Waals surface area contributed by atoms with E-state index in [1.165, 1.54) is 9.71 Å². The third kappa shape index (κ3) is 4.94. The molecule has 3 N–H and O–H groups in total. The summed E-state index contributed by atoms with van der Waals surface area (Å²) in [4.78, 5) is 22.5. The van der Waals surface area contributed by atoms with Crippen LogP contribution in [0.3, 0.4) is 0 Å². The van der Waals surface area contributed by atoms with Gasteiger partial charge in [0.2, 0.25) is 5.91 Å². The molecule has 140 valence electrons. The standard InChI is InChI=1S/C19H27N5OS/c1-21-19(24-11-5-6-14(13-24)12-17(20)25)22-10-4-9-18-23-15-7-2-3-8-16(15)26-18/h2-3,7-8,14H,4-6,9-13H2,1H3,(H2,20,25)(H,21,22). The van der Waals surface area contributed by atoms with Crippen LogP contribution in [0.25, 0.3) is 10.2 Å². The number of nitrogens with two attached hydrogens (primary N) is 1. The van der Waals surface area contributed by atoms with Crippen molar-refractivity contribution in [2.75, 3.05) is 26.7 Å². The quantitative estimate of drug-likeness (QED) is 0.463. The maximum Gasteiger partial charge on any atom is 0.217 e. The van der Waals surface area contributed by atoms with E-state index in [-0.39, 0.29) is 5.91 Å². The van der Waals surface area contributed by atoms with Crippen LogP contribution in [0, 0.1) is 5.92 Å². The van der Waals surface area contributed by atoms with Gasteiger partial charge in [0.1, 0.15) is 0 Å². The van der Waals surface area contributed by atoms with Crippen molar-refractivity contribution in [3.8, 4) is 0 Å². The zero-order valence-corrected chi connectivity index (χ0v) is 16.1. The summed E-state index contributed by atoms with van der Waals surface area (Å²) < 4.78 is 1.25. The Morgan fingerprint density at radius 3 is 3.08 bits per heavy atom. The number of likely N-dealkylation sites (tertiary alicyclic amines) is 1. The number of aromatic nitrogens is 1. The number of primary amides is 1. The molecule has 0 spiro atoms. The van der Waals surface area contributed by atoms with Crippen LogP contribution in [0.4, 0.5) is 0 Å². The Bertz CT molecular complexity index is 739. The average Bonchev–Trinajstić information content (AvgIpc) is 3.04. The molecule has 1 aromatic heterocycles. The first-order valence-corrected chi connectivity index (χ1v) is 10.1. The molecule has 1 amide bonds. The van der Waals surface area contributed by atoms with Crippen LogP contribution in [0.2, 0.25) is 0 Å². The Labute approximate surface area is 158 Å². The minimum atomic E-state index is -0.212. The molecule has 1 atom stereocenters. The predicted octanol–water partition coefficient (Wildman–Crippen LogP) is 2.39. The van der Waals surface area contributed by atoms with Gasteiger partial charge in [0, 0.05) is 39.5 Å². The number of carbonyl (C=O) groups excluding carboxylic acids is 1. The molecule has 6 nitrogen and oxygen atoms in total. The Hall–Kier alpha value is -2.15. The molecular formula is C19H27N5OS. The fraction of sp³-hybridized carbons (Fsp3) is 0.526. The molecule has 0 bridgehead atoms. The fourth-order valence-electron chi connectivity index (χ4n) is 3.51. The summed E-state index contributed by atoms with van der Waals surface area (Å²) in [6, 6.07) is 8.27. The smallest absolute Gasteiger partial charge is 0.217 e. The fourth-order valence-corrected chi connectivity index (χ4v) is 4.52. The van der Waals surface area contributed by atoms with Crippen LogP contribution in [0.5, 0.6) is 0 Å². The third-order valence-electron chi connectivity index (χ3n) is 4.71. The number of thiazole rings is 1. The van der Waals surface area contributed by atoms with E-state index in [4.69, 9.17) is 5.73 Å². The summed E-state index contributed by atoms with van der Waals surface area (Å²) in [5.41, 5.74) is 6.44. The molecule has 1 fully saturated rings. The van der Waals surface area contributed by atoms with Gasteiger partial charge in [0.15, 0.2) is 5.96 Å². The van der Waals surface area contributed by atoms with Gasteiger partial charge in [0.05, 0.1) is 15.2 Å². The van der Waals surface area contributed by atoms with Crippen molar-refractivity contribution in [2.24, 2.45) is 16.6 Å². The van der Waals surface area contributed by atoms with Crippen molar-refractivity contribution >= 4 is 33.4 Å². The molecule has 1 aliphatic rings. The van der Waals surface area contributed by atoms with Gasteiger partial charge in [-0.3, -0.25) is 9.79 Å². The van der Waals surface area contributed by atoms with Crippen molar-refractivity contribution in [1.82, 2.24) is 15.2 Å². The topological polar surface area (TPSA) is 83.6 Å². The van der Waals surface area contributed by atoms with E-state index in [0.29, 0.717) is 12.3 Å². The highest BCUT2D eigenvalue weighted by atomic mass is 32.1. The van der Waals surface area contributed by atoms with Gasteiger partial charge in [-0.2, -0.15) is 0 Å². The maximum absolute atomic E-state index is 11.2. The third-order valence-corrected chi connectivity index (χ3v) is 5.81. The summed E-state index contributed by atoms with van der Waals surface area (Å²) in [6.07, 6.45) is 4.58. The van der Waals surface area contributed by atoms with Crippen molar-refractivity contribution in [3.63, 3.8) is 0 Å². The van der Waals surface area contributed by atoms with Gasteiger partial charge in [-0.15, -0.1) is 11.3 Å². The number of piperidine rings is 1. The molecule has 1 aliphatic heterocycles. The van der Waals surface area contributed by atoms with Crippen LogP contribution in [0.1, 0.15) is 30.7 Å². The van der Waals surface area contributed by atoms with E-state index in [9.17, 15) is 4.79 Å². The number of nitrogens with one attached hydrogen (secondary N) is 1. The molecule has 2 aromatic rings. The maximum atomic E-state index is 11.2. The summed E-state index contributed by atoms with van der Waals surface area (Å²) >= 11 is 1.77. The first-order valence-electron chi connectivity index (χ1n) is 9.24. The summed E-state index contributed by atoms with van der Waals surface area (Å²) in [7, 11) is 1.81. The summed E-state index contributed by atoms with van der Waals surface area (Å²) in [5.74, 6) is 1.04. The lowest BCUT2D eigenvalue weighted by Gasteiger charge is -2.34. The Morgan fingerprint density at radius 2 is 2.31 bits per heavy atom. The number of carbonyl (C=O) groups is 1. The van der Waals surface area contributed by atoms with Gasteiger partial charge in [0.25, 0.3) is 0 Å². The molecule has 26 heavy (non-hydrogen) atoms. The zero-order valence-electron chi connectivity index (χ0n) is 15.3. The normalized spacial score (nSPS) is 18.3. The summed E-state index contributed by atoms with van der Waals surface area (Å²) in [6.45, 7) is 2.69. The number of amides is 1. The van der Waals surface area contributed by atoms with Gasteiger partial charge < -0.3 is 16.0 Å². The number of hydrogen-bond acceptors (Lipinski definition) is 4. The van der Waals surface area contributed by atoms with E-state index in [0.717, 1.165) is 56.8 Å². The van der Waals surface area contributed by atoms with Crippen LogP contribution in [-0.2, 0) is 11.2 Å². The van der Waals surface area contributed by atoms with E-state index < -0.39 is 0 Å². The van der Waals surface area contributed by atoms with E-state index >= 15 is 0 Å². The van der Waals surface area contributed by atoms with Crippen LogP contribution in [-0.4, -0.2) is 48.4 Å². The lowest BCUT2D eigenvalue weighted by atomic mass is 9.95. The number of hydrogen-bond donors (Lipinski definition) is 2. The van der Waals surface area contributed by atoms with Crippen molar-refractivity contribution in [3.05, 3.63) is 29.3 Å². The second-order valence-electron chi connectivity index (χ2n) is 6.78. The number of nitrogens with zero attached hydrogens (tertiary/aromatic N) is 3. The molecular weight excluding hydrogens is 346 g/mol. The van der Waals surface area contributed by atoms with Crippen LogP contribution >= 0.6 is 11.3 Å². The molecule has 0 radical (unpaired) electrons. The molecule has 0 saturated carbocycles. The molecule has 0 aliphatic carbocycles. The Balaban J connectivity index is 1.45. The number of para-hydroxylation sites is 1. The molecule has 7 heteroatoms. The number of benzene rings is 1. The number of guanidine groups is 1. The zero-order chi connectivity index (χ0) is 18.4. The highest BCUT2D eigenvalue weighted by Gasteiger charge is 2.23. The number of aryl methyl sites for hydroxylation is 1. The van der Waals surface area contributed by atoms with Crippen molar-refractivity contribution < 1.29 is 4.79 Å². The highest BCUT2D eigenvalue weighted by molar-refractivity contribution is 7.18. The van der Waals surface area contributed by atoms with Crippen molar-refractivity contribution in [1.29, 1.82) is 0 Å². The van der Waals surface area contributed by atoms with Gasteiger partial charge >= 0.3 is 0 Å². The van der Waals surface area contributed by atoms with E-state index in [1.54, 1.807) is 11.3 Å². The lowest BCUT2D eigenvalue weighted by Crippen LogP contribution is -2.47. The second-order valence-corrected chi connectivity index (χ2v) is 7.89. The van der Waals surface area contributed by atoms with E-state index in [2.05, 4.69) is 38.4 Å². The highest BCUT2D eigenvalue weighted by Crippen LogP contribution is 2.22. The van der Waals surface area contributed by atoms with Gasteiger partial charge in [-0.1, -0.05) is 12.1 Å². The minimum absolute atomic E-state index is 0.212. The number of rotatable bonds is 6. The predicted molar refractivity (Wildman–Crippen MR) is 107 cm³/mol. The second kappa shape index (κ2) is 8.98. The number of fused-ring (bicyclic) bond motifs is 1. The summed E-state index contributed by atoms with van der Waals surface area (Å²) in [5, 5.41) is 4.64. The lowest BCUT2D eigenvalue weighted by molar-refractivity contribution is -0.119. The Kier molecular flexibility index (Phi) is 6.44. The first-order chi connectivity index (χ1) is 12.7. The molecule has 3 rings (SSSR count). The molecule has 1 aromatic carbocycles. The monoisotopic (exact) mass is 373 g/mol. The molecule has 1 unspecified atom stereocenters. The molecule has 2 heterocycles. The van der Waals surface area contributed by atoms with E-state index in [1.807, 2.05) is 13.1 Å². The number of aliphatic imine (C=N–C) groups is 1. The minimum Gasteiger partial charge on any atom is -0.370 e. The van der Waals surface area contributed by atoms with Crippen LogP contribution < -0.4 is 11.1 Å². The SMILES string of the molecule is CN=C(NCCCc1nc2ccccc2s1)N1CCCC(CC(N)=O)C1. The largest absolute Gasteiger partial charge is 0.370 e. The first kappa shape index (κ1) is 18.6. The van der Waals surface area contributed by atoms with Gasteiger partial charge in [-0.05, 0) is 37.3 Å².